The zero-order valence-corrected chi connectivity index (χ0v) is 8.12. The van der Waals surface area contributed by atoms with E-state index >= 15 is 0 Å². The van der Waals surface area contributed by atoms with Crippen LogP contribution in [0.5, 0.6) is 5.75 Å². The Bertz CT molecular complexity index is 344. The van der Waals surface area contributed by atoms with Gasteiger partial charge in [-0.05, 0) is 24.3 Å². The SMILES string of the molecule is C#CCCC(=O)c1ccc(OC)cc1. The molecule has 0 spiro atoms. The van der Waals surface area contributed by atoms with Crippen LogP contribution in [0.4, 0.5) is 0 Å². The van der Waals surface area contributed by atoms with Crippen LogP contribution in [0.15, 0.2) is 24.3 Å². The van der Waals surface area contributed by atoms with Crippen LogP contribution >= 0.6 is 0 Å². The van der Waals surface area contributed by atoms with Gasteiger partial charge >= 0.3 is 0 Å². The minimum absolute atomic E-state index is 0.0746. The third-order valence-electron chi connectivity index (χ3n) is 1.91. The fraction of sp³-hybridized carbons (Fsp3) is 0.250. The maximum atomic E-state index is 11.5. The summed E-state index contributed by atoms with van der Waals surface area (Å²) >= 11 is 0. The number of methoxy groups -OCH3 is 1. The normalized spacial score (nSPS) is 9.14. The standard InChI is InChI=1S/C12H12O2/c1-3-4-5-12(13)10-6-8-11(14-2)9-7-10/h1,6-9H,4-5H2,2H3. The lowest BCUT2D eigenvalue weighted by Crippen LogP contribution is -1.97. The van der Waals surface area contributed by atoms with Crippen molar-refractivity contribution >= 4 is 5.78 Å². The summed E-state index contributed by atoms with van der Waals surface area (Å²) in [6.07, 6.45) is 5.97. The van der Waals surface area contributed by atoms with Crippen LogP contribution in [-0.4, -0.2) is 12.9 Å². The molecule has 1 aromatic carbocycles. The summed E-state index contributed by atoms with van der Waals surface area (Å²) in [6.45, 7) is 0. The van der Waals surface area contributed by atoms with Gasteiger partial charge in [-0.25, -0.2) is 0 Å². The molecule has 0 saturated heterocycles. The number of hydrogen-bond donors (Lipinski definition) is 0. The fourth-order valence-corrected chi connectivity index (χ4v) is 1.11. The van der Waals surface area contributed by atoms with Gasteiger partial charge in [-0.2, -0.15) is 0 Å². The maximum absolute atomic E-state index is 11.5. The van der Waals surface area contributed by atoms with Crippen molar-refractivity contribution in [2.24, 2.45) is 0 Å². The number of ketones is 1. The first-order chi connectivity index (χ1) is 6.77. The number of terminal acetylenes is 1. The van der Waals surface area contributed by atoms with E-state index < -0.39 is 0 Å². The van der Waals surface area contributed by atoms with Crippen LogP contribution in [0.3, 0.4) is 0 Å². The number of ether oxygens (including phenoxy) is 1. The molecule has 0 unspecified atom stereocenters. The van der Waals surface area contributed by atoms with Crippen molar-refractivity contribution in [1.82, 2.24) is 0 Å². The summed E-state index contributed by atoms with van der Waals surface area (Å²) in [6, 6.07) is 7.03. The lowest BCUT2D eigenvalue weighted by atomic mass is 10.1. The van der Waals surface area contributed by atoms with Crippen molar-refractivity contribution in [3.05, 3.63) is 29.8 Å². The Morgan fingerprint density at radius 3 is 2.57 bits per heavy atom. The Balaban J connectivity index is 2.67. The molecule has 0 aliphatic heterocycles. The fourth-order valence-electron chi connectivity index (χ4n) is 1.11. The number of Topliss-reactive ketones (excluding diaryl/α,β-unsaturated/α-hetero) is 1. The van der Waals surface area contributed by atoms with Gasteiger partial charge in [0.25, 0.3) is 0 Å². The summed E-state index contributed by atoms with van der Waals surface area (Å²) in [5.41, 5.74) is 0.682. The first-order valence-corrected chi connectivity index (χ1v) is 4.38. The number of rotatable bonds is 4. The first kappa shape index (κ1) is 10.3. The minimum Gasteiger partial charge on any atom is -0.497 e. The van der Waals surface area contributed by atoms with E-state index in [-0.39, 0.29) is 5.78 Å². The van der Waals surface area contributed by atoms with Crippen LogP contribution in [0.2, 0.25) is 0 Å². The van der Waals surface area contributed by atoms with Crippen molar-refractivity contribution in [1.29, 1.82) is 0 Å². The van der Waals surface area contributed by atoms with Crippen LogP contribution in [0.1, 0.15) is 23.2 Å². The Labute approximate surface area is 83.9 Å². The van der Waals surface area contributed by atoms with Crippen molar-refractivity contribution in [2.45, 2.75) is 12.8 Å². The van der Waals surface area contributed by atoms with E-state index in [1.165, 1.54) is 0 Å². The molecule has 0 saturated carbocycles. The van der Waals surface area contributed by atoms with E-state index in [4.69, 9.17) is 11.2 Å². The zero-order chi connectivity index (χ0) is 10.4. The molecule has 0 radical (unpaired) electrons. The van der Waals surface area contributed by atoms with E-state index in [1.54, 1.807) is 31.4 Å². The summed E-state index contributed by atoms with van der Waals surface area (Å²) in [5.74, 6) is 3.27. The highest BCUT2D eigenvalue weighted by atomic mass is 16.5. The second kappa shape index (κ2) is 5.08. The van der Waals surface area contributed by atoms with Crippen LogP contribution in [-0.2, 0) is 0 Å². The molecule has 0 fully saturated rings. The highest BCUT2D eigenvalue weighted by Gasteiger charge is 2.04. The Morgan fingerprint density at radius 2 is 2.07 bits per heavy atom. The zero-order valence-electron chi connectivity index (χ0n) is 8.12. The Kier molecular flexibility index (Phi) is 3.75. The molecule has 1 rings (SSSR count). The lowest BCUT2D eigenvalue weighted by molar-refractivity contribution is 0.0984. The van der Waals surface area contributed by atoms with E-state index in [1.807, 2.05) is 0 Å². The average Bonchev–Trinajstić information content (AvgIpc) is 2.26. The smallest absolute Gasteiger partial charge is 0.163 e. The van der Waals surface area contributed by atoms with E-state index in [0.29, 0.717) is 18.4 Å². The topological polar surface area (TPSA) is 26.3 Å². The van der Waals surface area contributed by atoms with E-state index in [0.717, 1.165) is 5.75 Å². The third kappa shape index (κ3) is 2.63. The molecule has 0 N–H and O–H groups in total. The first-order valence-electron chi connectivity index (χ1n) is 4.38. The molecule has 0 aliphatic rings. The number of carbonyl (C=O) groups is 1. The maximum Gasteiger partial charge on any atom is 0.163 e. The summed E-state index contributed by atoms with van der Waals surface area (Å²) in [5, 5.41) is 0. The summed E-state index contributed by atoms with van der Waals surface area (Å²) in [4.78, 5) is 11.5. The number of carbonyl (C=O) groups excluding carboxylic acids is 1. The molecule has 0 atom stereocenters. The highest BCUT2D eigenvalue weighted by molar-refractivity contribution is 5.96. The summed E-state index contributed by atoms with van der Waals surface area (Å²) < 4.78 is 4.99. The second-order valence-electron chi connectivity index (χ2n) is 2.86. The lowest BCUT2D eigenvalue weighted by Gasteiger charge is -2.01. The van der Waals surface area contributed by atoms with E-state index in [2.05, 4.69) is 5.92 Å². The quantitative estimate of drug-likeness (QED) is 0.535. The molecule has 72 valence electrons. The predicted octanol–water partition coefficient (Wildman–Crippen LogP) is 2.29. The van der Waals surface area contributed by atoms with Gasteiger partial charge in [-0.3, -0.25) is 4.79 Å². The molecular weight excluding hydrogens is 176 g/mol. The second-order valence-corrected chi connectivity index (χ2v) is 2.86. The number of hydrogen-bond acceptors (Lipinski definition) is 2. The van der Waals surface area contributed by atoms with Gasteiger partial charge in [0.1, 0.15) is 5.75 Å². The molecule has 0 heterocycles. The van der Waals surface area contributed by atoms with Crippen molar-refractivity contribution in [3.8, 4) is 18.1 Å². The molecule has 0 amide bonds. The Morgan fingerprint density at radius 1 is 1.43 bits per heavy atom. The molecule has 2 nitrogen and oxygen atoms in total. The van der Waals surface area contributed by atoms with Gasteiger partial charge in [0, 0.05) is 18.4 Å². The number of benzene rings is 1. The molecule has 14 heavy (non-hydrogen) atoms. The van der Waals surface area contributed by atoms with Crippen LogP contribution < -0.4 is 4.74 Å². The van der Waals surface area contributed by atoms with Crippen LogP contribution in [0, 0.1) is 12.3 Å². The molecule has 0 aliphatic carbocycles. The molecule has 0 bridgehead atoms. The molecular formula is C12H12O2. The van der Waals surface area contributed by atoms with E-state index in [9.17, 15) is 4.79 Å². The average molecular weight is 188 g/mol. The van der Waals surface area contributed by atoms with Gasteiger partial charge in [-0.1, -0.05) is 0 Å². The van der Waals surface area contributed by atoms with Crippen molar-refractivity contribution in [2.75, 3.05) is 7.11 Å². The molecule has 1 aromatic rings. The van der Waals surface area contributed by atoms with Gasteiger partial charge in [0.15, 0.2) is 5.78 Å². The summed E-state index contributed by atoms with van der Waals surface area (Å²) in [7, 11) is 1.59. The highest BCUT2D eigenvalue weighted by Crippen LogP contribution is 2.12. The largest absolute Gasteiger partial charge is 0.497 e. The third-order valence-corrected chi connectivity index (χ3v) is 1.91. The van der Waals surface area contributed by atoms with Gasteiger partial charge in [0.05, 0.1) is 7.11 Å². The van der Waals surface area contributed by atoms with Gasteiger partial charge < -0.3 is 4.74 Å². The van der Waals surface area contributed by atoms with Crippen molar-refractivity contribution < 1.29 is 9.53 Å². The van der Waals surface area contributed by atoms with Crippen molar-refractivity contribution in [3.63, 3.8) is 0 Å². The van der Waals surface area contributed by atoms with Gasteiger partial charge in [-0.15, -0.1) is 12.3 Å². The molecule has 0 aromatic heterocycles. The molecule has 2 heteroatoms. The predicted molar refractivity (Wildman–Crippen MR) is 55.4 cm³/mol. The monoisotopic (exact) mass is 188 g/mol. The minimum atomic E-state index is 0.0746. The van der Waals surface area contributed by atoms with Crippen LogP contribution in [0.25, 0.3) is 0 Å². The Hall–Kier alpha value is -1.75. The van der Waals surface area contributed by atoms with Gasteiger partial charge in [0.2, 0.25) is 0 Å².